The first-order valence-electron chi connectivity index (χ1n) is 9.73. The molecule has 3 aromatic rings. The van der Waals surface area contributed by atoms with Crippen molar-refractivity contribution in [1.82, 2.24) is 0 Å². The van der Waals surface area contributed by atoms with Crippen LogP contribution in [0.2, 0.25) is 0 Å². The lowest BCUT2D eigenvalue weighted by Gasteiger charge is -2.34. The van der Waals surface area contributed by atoms with E-state index in [0.717, 1.165) is 4.31 Å². The summed E-state index contributed by atoms with van der Waals surface area (Å²) in [6.07, 6.45) is -1.14. The summed E-state index contributed by atoms with van der Waals surface area (Å²) in [5.41, 5.74) is 0.757. The number of carbonyl (C=O) groups is 2. The molecular formula is C23H20N2O6S. The van der Waals surface area contributed by atoms with Crippen LogP contribution in [0.3, 0.4) is 0 Å². The second-order valence-corrected chi connectivity index (χ2v) is 8.81. The predicted octanol–water partition coefficient (Wildman–Crippen LogP) is 3.07. The number of nitrogens with one attached hydrogen (secondary N) is 1. The van der Waals surface area contributed by atoms with Crippen molar-refractivity contribution in [3.8, 4) is 5.75 Å². The summed E-state index contributed by atoms with van der Waals surface area (Å²) in [6.45, 7) is -0.236. The van der Waals surface area contributed by atoms with Crippen LogP contribution in [0.25, 0.3) is 0 Å². The second-order valence-electron chi connectivity index (χ2n) is 6.95. The molecule has 164 valence electrons. The van der Waals surface area contributed by atoms with Crippen molar-refractivity contribution in [1.29, 1.82) is 0 Å². The first kappa shape index (κ1) is 21.4. The molecule has 0 bridgehead atoms. The van der Waals surface area contributed by atoms with Crippen LogP contribution in [-0.2, 0) is 19.6 Å². The van der Waals surface area contributed by atoms with Crippen LogP contribution in [0, 0.1) is 0 Å². The molecule has 0 saturated carbocycles. The zero-order valence-corrected chi connectivity index (χ0v) is 17.9. The molecule has 0 spiro atoms. The van der Waals surface area contributed by atoms with Gasteiger partial charge in [-0.2, -0.15) is 0 Å². The molecule has 0 aromatic heterocycles. The molecule has 1 amide bonds. The minimum atomic E-state index is -3.94. The van der Waals surface area contributed by atoms with Gasteiger partial charge in [0.05, 0.1) is 35.5 Å². The quantitative estimate of drug-likeness (QED) is 0.597. The van der Waals surface area contributed by atoms with Crippen LogP contribution in [0.1, 0.15) is 10.4 Å². The number of carbonyl (C=O) groups excluding carboxylic acids is 2. The van der Waals surface area contributed by atoms with Crippen molar-refractivity contribution in [3.63, 3.8) is 0 Å². The average molecular weight is 452 g/mol. The number of hydrogen-bond donors (Lipinski definition) is 1. The number of esters is 1. The van der Waals surface area contributed by atoms with Crippen molar-refractivity contribution < 1.29 is 27.5 Å². The molecule has 1 N–H and O–H groups in total. The fourth-order valence-corrected chi connectivity index (χ4v) is 4.88. The Labute approximate surface area is 185 Å². The van der Waals surface area contributed by atoms with Gasteiger partial charge in [0.25, 0.3) is 15.9 Å². The normalized spacial score (nSPS) is 15.3. The maximum atomic E-state index is 13.3. The van der Waals surface area contributed by atoms with Gasteiger partial charge < -0.3 is 14.8 Å². The maximum Gasteiger partial charge on any atom is 0.339 e. The summed E-state index contributed by atoms with van der Waals surface area (Å²) >= 11 is 0. The van der Waals surface area contributed by atoms with Gasteiger partial charge >= 0.3 is 5.97 Å². The lowest BCUT2D eigenvalue weighted by atomic mass is 10.1. The largest absolute Gasteiger partial charge is 0.476 e. The van der Waals surface area contributed by atoms with E-state index in [2.05, 4.69) is 5.32 Å². The zero-order valence-electron chi connectivity index (χ0n) is 17.1. The molecule has 0 radical (unpaired) electrons. The number of benzene rings is 3. The standard InChI is InChI=1S/C23H20N2O6S/c1-30-23(27)17-11-5-6-12-18(17)24-22(26)21-15-25(19-13-7-8-14-20(19)31-21)32(28,29)16-9-3-2-4-10-16/h2-14,21H,15H2,1H3,(H,24,26)/t21-/m0/s1. The fourth-order valence-electron chi connectivity index (χ4n) is 3.38. The van der Waals surface area contributed by atoms with Crippen molar-refractivity contribution in [3.05, 3.63) is 84.4 Å². The molecule has 9 heteroatoms. The number of nitrogens with zero attached hydrogens (tertiary/aromatic N) is 1. The third kappa shape index (κ3) is 4.02. The number of ether oxygens (including phenoxy) is 2. The Kier molecular flexibility index (Phi) is 5.83. The number of hydrogen-bond acceptors (Lipinski definition) is 6. The van der Waals surface area contributed by atoms with E-state index in [-0.39, 0.29) is 28.4 Å². The Morgan fingerprint density at radius 2 is 1.62 bits per heavy atom. The van der Waals surface area contributed by atoms with E-state index in [0.29, 0.717) is 5.69 Å². The number of methoxy groups -OCH3 is 1. The number of anilines is 2. The minimum absolute atomic E-state index is 0.104. The van der Waals surface area contributed by atoms with Crippen LogP contribution in [0.15, 0.2) is 83.8 Å². The summed E-state index contributed by atoms with van der Waals surface area (Å²) in [5.74, 6) is -0.937. The molecule has 1 heterocycles. The molecule has 8 nitrogen and oxygen atoms in total. The van der Waals surface area contributed by atoms with Gasteiger partial charge in [0.1, 0.15) is 5.75 Å². The number of rotatable bonds is 5. The fraction of sp³-hybridized carbons (Fsp3) is 0.130. The van der Waals surface area contributed by atoms with Gasteiger partial charge in [-0.05, 0) is 36.4 Å². The molecule has 0 unspecified atom stereocenters. The van der Waals surface area contributed by atoms with Gasteiger partial charge in [-0.3, -0.25) is 9.10 Å². The lowest BCUT2D eigenvalue weighted by molar-refractivity contribution is -0.122. The molecule has 0 fully saturated rings. The number of sulfonamides is 1. The predicted molar refractivity (Wildman–Crippen MR) is 118 cm³/mol. The molecule has 0 aliphatic carbocycles. The Bertz CT molecular complexity index is 1260. The highest BCUT2D eigenvalue weighted by Crippen LogP contribution is 2.37. The Hall–Kier alpha value is -3.85. The van der Waals surface area contributed by atoms with Crippen LogP contribution >= 0.6 is 0 Å². The van der Waals surface area contributed by atoms with E-state index in [1.807, 2.05) is 0 Å². The SMILES string of the molecule is COC(=O)c1ccccc1NC(=O)[C@@H]1CN(S(=O)(=O)c2ccccc2)c2ccccc2O1. The number of amides is 1. The zero-order chi connectivity index (χ0) is 22.7. The van der Waals surface area contributed by atoms with E-state index in [9.17, 15) is 18.0 Å². The summed E-state index contributed by atoms with van der Waals surface area (Å²) in [7, 11) is -2.70. The molecule has 1 atom stereocenters. The van der Waals surface area contributed by atoms with Crippen molar-refractivity contribution >= 4 is 33.3 Å². The van der Waals surface area contributed by atoms with E-state index < -0.39 is 28.0 Å². The van der Waals surface area contributed by atoms with Gasteiger partial charge in [0.15, 0.2) is 6.10 Å². The van der Waals surface area contributed by atoms with Gasteiger partial charge in [-0.1, -0.05) is 42.5 Å². The summed E-state index contributed by atoms with van der Waals surface area (Å²) < 4.78 is 38.4. The van der Waals surface area contributed by atoms with Crippen LogP contribution in [-0.4, -0.2) is 40.1 Å². The number of para-hydroxylation sites is 3. The highest BCUT2D eigenvalue weighted by Gasteiger charge is 2.37. The van der Waals surface area contributed by atoms with Crippen LogP contribution in [0.5, 0.6) is 5.75 Å². The molecule has 4 rings (SSSR count). The molecule has 3 aromatic carbocycles. The van der Waals surface area contributed by atoms with Crippen molar-refractivity contribution in [2.75, 3.05) is 23.3 Å². The summed E-state index contributed by atoms with van der Waals surface area (Å²) in [4.78, 5) is 25.1. The van der Waals surface area contributed by atoms with Gasteiger partial charge in [-0.25, -0.2) is 13.2 Å². The topological polar surface area (TPSA) is 102 Å². The number of fused-ring (bicyclic) bond motifs is 1. The summed E-state index contributed by atoms with van der Waals surface area (Å²) in [5, 5.41) is 2.65. The van der Waals surface area contributed by atoms with Gasteiger partial charge in [0, 0.05) is 0 Å². The Morgan fingerprint density at radius 1 is 0.969 bits per heavy atom. The van der Waals surface area contributed by atoms with E-state index >= 15 is 0 Å². The molecule has 1 aliphatic rings. The van der Waals surface area contributed by atoms with E-state index in [1.54, 1.807) is 60.7 Å². The van der Waals surface area contributed by atoms with Crippen LogP contribution in [0.4, 0.5) is 11.4 Å². The van der Waals surface area contributed by atoms with Crippen LogP contribution < -0.4 is 14.4 Å². The molecular weight excluding hydrogens is 432 g/mol. The Balaban J connectivity index is 1.66. The smallest absolute Gasteiger partial charge is 0.339 e. The highest BCUT2D eigenvalue weighted by molar-refractivity contribution is 7.92. The molecule has 0 saturated heterocycles. The third-order valence-electron chi connectivity index (χ3n) is 4.95. The monoisotopic (exact) mass is 452 g/mol. The van der Waals surface area contributed by atoms with E-state index in [4.69, 9.17) is 9.47 Å². The minimum Gasteiger partial charge on any atom is -0.476 e. The maximum absolute atomic E-state index is 13.3. The molecule has 32 heavy (non-hydrogen) atoms. The first-order chi connectivity index (χ1) is 15.4. The van der Waals surface area contributed by atoms with Gasteiger partial charge in [-0.15, -0.1) is 0 Å². The average Bonchev–Trinajstić information content (AvgIpc) is 2.83. The van der Waals surface area contributed by atoms with Crippen molar-refractivity contribution in [2.45, 2.75) is 11.0 Å². The molecule has 1 aliphatic heterocycles. The van der Waals surface area contributed by atoms with E-state index in [1.165, 1.54) is 25.3 Å². The Morgan fingerprint density at radius 3 is 2.38 bits per heavy atom. The third-order valence-corrected chi connectivity index (χ3v) is 6.74. The van der Waals surface area contributed by atoms with Crippen molar-refractivity contribution in [2.24, 2.45) is 0 Å². The van der Waals surface area contributed by atoms with Gasteiger partial charge in [0.2, 0.25) is 0 Å². The second kappa shape index (κ2) is 8.72. The lowest BCUT2D eigenvalue weighted by Crippen LogP contribution is -2.48. The highest BCUT2D eigenvalue weighted by atomic mass is 32.2. The summed E-state index contributed by atoms with van der Waals surface area (Å²) in [6, 6.07) is 21.0. The first-order valence-corrected chi connectivity index (χ1v) is 11.2.